The van der Waals surface area contributed by atoms with E-state index in [2.05, 4.69) is 6.92 Å². The maximum absolute atomic E-state index is 9.88. The van der Waals surface area contributed by atoms with Gasteiger partial charge in [0.15, 0.2) is 0 Å². The van der Waals surface area contributed by atoms with Gasteiger partial charge in [0.05, 0.1) is 12.2 Å². The lowest BCUT2D eigenvalue weighted by atomic mass is 9.59. The van der Waals surface area contributed by atoms with Crippen molar-refractivity contribution in [2.24, 2.45) is 11.3 Å². The standard InChI is InChI=1S/C11H20O2/c1-11-5-2-3-10(13)9(11)7-8(12)4-6-11/h8-10,12-13H,2-7H2,1H3/t8?,9?,10-,11+/m1/s1. The van der Waals surface area contributed by atoms with Crippen LogP contribution in [0.2, 0.25) is 0 Å². The highest BCUT2D eigenvalue weighted by Crippen LogP contribution is 2.49. The molecule has 0 spiro atoms. The molecule has 0 aromatic heterocycles. The van der Waals surface area contributed by atoms with Crippen LogP contribution in [0.3, 0.4) is 0 Å². The smallest absolute Gasteiger partial charge is 0.0574 e. The fraction of sp³-hybridized carbons (Fsp3) is 1.00. The van der Waals surface area contributed by atoms with Crippen LogP contribution in [0.5, 0.6) is 0 Å². The Balaban J connectivity index is 2.13. The van der Waals surface area contributed by atoms with Crippen molar-refractivity contribution in [3.05, 3.63) is 0 Å². The predicted molar refractivity (Wildman–Crippen MR) is 51.3 cm³/mol. The maximum atomic E-state index is 9.88. The molecule has 0 saturated heterocycles. The molecule has 13 heavy (non-hydrogen) atoms. The van der Waals surface area contributed by atoms with E-state index in [0.29, 0.717) is 11.3 Å². The van der Waals surface area contributed by atoms with Gasteiger partial charge in [-0.05, 0) is 43.4 Å². The number of hydrogen-bond donors (Lipinski definition) is 2. The van der Waals surface area contributed by atoms with E-state index < -0.39 is 0 Å². The van der Waals surface area contributed by atoms with E-state index in [-0.39, 0.29) is 12.2 Å². The molecule has 0 bridgehead atoms. The van der Waals surface area contributed by atoms with Crippen molar-refractivity contribution in [2.75, 3.05) is 0 Å². The van der Waals surface area contributed by atoms with Gasteiger partial charge in [0, 0.05) is 0 Å². The van der Waals surface area contributed by atoms with Crippen molar-refractivity contribution in [1.29, 1.82) is 0 Å². The van der Waals surface area contributed by atoms with Gasteiger partial charge in [-0.2, -0.15) is 0 Å². The van der Waals surface area contributed by atoms with E-state index in [1.807, 2.05) is 0 Å². The second kappa shape index (κ2) is 3.25. The van der Waals surface area contributed by atoms with E-state index in [1.54, 1.807) is 0 Å². The first-order valence-corrected chi connectivity index (χ1v) is 5.48. The van der Waals surface area contributed by atoms with Crippen LogP contribution < -0.4 is 0 Å². The van der Waals surface area contributed by atoms with E-state index in [4.69, 9.17) is 0 Å². The summed E-state index contributed by atoms with van der Waals surface area (Å²) in [5.41, 5.74) is 0.316. The van der Waals surface area contributed by atoms with Gasteiger partial charge >= 0.3 is 0 Å². The van der Waals surface area contributed by atoms with Crippen molar-refractivity contribution in [1.82, 2.24) is 0 Å². The molecular formula is C11H20O2. The molecule has 0 aromatic rings. The molecule has 4 atom stereocenters. The van der Waals surface area contributed by atoms with Crippen molar-refractivity contribution < 1.29 is 10.2 Å². The Labute approximate surface area is 80.0 Å². The first kappa shape index (κ1) is 9.47. The molecule has 0 amide bonds. The molecule has 0 heterocycles. The van der Waals surface area contributed by atoms with Crippen LogP contribution in [0.1, 0.15) is 45.4 Å². The van der Waals surface area contributed by atoms with Crippen molar-refractivity contribution in [2.45, 2.75) is 57.7 Å². The Bertz CT molecular complexity index is 193. The molecule has 0 aromatic carbocycles. The van der Waals surface area contributed by atoms with Crippen LogP contribution in [0.4, 0.5) is 0 Å². The van der Waals surface area contributed by atoms with Gasteiger partial charge in [-0.1, -0.05) is 13.3 Å². The summed E-state index contributed by atoms with van der Waals surface area (Å²) in [5, 5.41) is 19.4. The van der Waals surface area contributed by atoms with Gasteiger partial charge < -0.3 is 10.2 Å². The summed E-state index contributed by atoms with van der Waals surface area (Å²) in [6, 6.07) is 0. The Kier molecular flexibility index (Phi) is 2.37. The Morgan fingerprint density at radius 2 is 1.92 bits per heavy atom. The normalized spacial score (nSPS) is 51.5. The Morgan fingerprint density at radius 3 is 2.69 bits per heavy atom. The molecule has 2 aliphatic carbocycles. The zero-order valence-electron chi connectivity index (χ0n) is 8.37. The Hall–Kier alpha value is -0.0800. The quantitative estimate of drug-likeness (QED) is 0.601. The molecule has 76 valence electrons. The number of rotatable bonds is 0. The Morgan fingerprint density at radius 1 is 1.15 bits per heavy atom. The average Bonchev–Trinajstić information content (AvgIpc) is 2.08. The second-order valence-electron chi connectivity index (χ2n) is 5.15. The van der Waals surface area contributed by atoms with Crippen LogP contribution in [0.25, 0.3) is 0 Å². The minimum Gasteiger partial charge on any atom is -0.393 e. The van der Waals surface area contributed by atoms with Gasteiger partial charge in [-0.3, -0.25) is 0 Å². The van der Waals surface area contributed by atoms with Crippen LogP contribution in [0.15, 0.2) is 0 Å². The average molecular weight is 184 g/mol. The SMILES string of the molecule is C[C@@]12CCC[C@@H](O)C1CC(O)CC2. The fourth-order valence-corrected chi connectivity index (χ4v) is 3.23. The highest BCUT2D eigenvalue weighted by Gasteiger charge is 2.44. The lowest BCUT2D eigenvalue weighted by Crippen LogP contribution is -2.45. The van der Waals surface area contributed by atoms with E-state index in [9.17, 15) is 10.2 Å². The van der Waals surface area contributed by atoms with Gasteiger partial charge in [-0.25, -0.2) is 0 Å². The highest BCUT2D eigenvalue weighted by atomic mass is 16.3. The van der Waals surface area contributed by atoms with Gasteiger partial charge in [-0.15, -0.1) is 0 Å². The zero-order valence-corrected chi connectivity index (χ0v) is 8.37. The van der Waals surface area contributed by atoms with Crippen molar-refractivity contribution in [3.8, 4) is 0 Å². The minimum absolute atomic E-state index is 0.159. The molecule has 2 heteroatoms. The summed E-state index contributed by atoms with van der Waals surface area (Å²) in [7, 11) is 0. The largest absolute Gasteiger partial charge is 0.393 e. The number of hydrogen-bond acceptors (Lipinski definition) is 2. The third-order valence-corrected chi connectivity index (χ3v) is 4.18. The molecule has 2 rings (SSSR count). The van der Waals surface area contributed by atoms with Crippen LogP contribution in [-0.4, -0.2) is 22.4 Å². The first-order valence-electron chi connectivity index (χ1n) is 5.48. The molecule has 2 aliphatic rings. The van der Waals surface area contributed by atoms with Crippen LogP contribution in [-0.2, 0) is 0 Å². The molecule has 2 N–H and O–H groups in total. The third kappa shape index (κ3) is 1.62. The summed E-state index contributed by atoms with van der Waals surface area (Å²) in [6.07, 6.45) is 5.85. The molecule has 2 nitrogen and oxygen atoms in total. The monoisotopic (exact) mass is 184 g/mol. The molecule has 2 unspecified atom stereocenters. The third-order valence-electron chi connectivity index (χ3n) is 4.18. The lowest BCUT2D eigenvalue weighted by molar-refractivity contribution is -0.0775. The first-order chi connectivity index (χ1) is 6.12. The summed E-state index contributed by atoms with van der Waals surface area (Å²) in [6.45, 7) is 2.28. The van der Waals surface area contributed by atoms with Crippen LogP contribution >= 0.6 is 0 Å². The van der Waals surface area contributed by atoms with E-state index >= 15 is 0 Å². The minimum atomic E-state index is -0.161. The molecule has 2 fully saturated rings. The number of aliphatic hydroxyl groups is 2. The van der Waals surface area contributed by atoms with E-state index in [0.717, 1.165) is 32.1 Å². The summed E-state index contributed by atoms with van der Waals surface area (Å²) < 4.78 is 0. The molecule has 2 saturated carbocycles. The van der Waals surface area contributed by atoms with Gasteiger partial charge in [0.25, 0.3) is 0 Å². The zero-order chi connectivity index (χ0) is 9.47. The molecule has 0 radical (unpaired) electrons. The topological polar surface area (TPSA) is 40.5 Å². The molecule has 0 aliphatic heterocycles. The summed E-state index contributed by atoms with van der Waals surface area (Å²) in [4.78, 5) is 0. The highest BCUT2D eigenvalue weighted by molar-refractivity contribution is 4.95. The molecular weight excluding hydrogens is 164 g/mol. The van der Waals surface area contributed by atoms with Crippen LogP contribution in [0, 0.1) is 11.3 Å². The fourth-order valence-electron chi connectivity index (χ4n) is 3.23. The predicted octanol–water partition coefficient (Wildman–Crippen LogP) is 1.70. The van der Waals surface area contributed by atoms with Gasteiger partial charge in [0.2, 0.25) is 0 Å². The van der Waals surface area contributed by atoms with Crippen molar-refractivity contribution >= 4 is 0 Å². The summed E-state index contributed by atoms with van der Waals surface area (Å²) in [5.74, 6) is 0.352. The number of fused-ring (bicyclic) bond motifs is 1. The number of aliphatic hydroxyl groups excluding tert-OH is 2. The second-order valence-corrected chi connectivity index (χ2v) is 5.15. The van der Waals surface area contributed by atoms with Crippen molar-refractivity contribution in [3.63, 3.8) is 0 Å². The maximum Gasteiger partial charge on any atom is 0.0574 e. The lowest BCUT2D eigenvalue weighted by Gasteiger charge is -2.48. The summed E-state index contributed by atoms with van der Waals surface area (Å²) >= 11 is 0. The van der Waals surface area contributed by atoms with Gasteiger partial charge in [0.1, 0.15) is 0 Å². The van der Waals surface area contributed by atoms with E-state index in [1.165, 1.54) is 6.42 Å².